The van der Waals surface area contributed by atoms with Gasteiger partial charge in [-0.05, 0) is 42.9 Å². The lowest BCUT2D eigenvalue weighted by Crippen LogP contribution is -2.29. The van der Waals surface area contributed by atoms with Gasteiger partial charge in [0.25, 0.3) is 0 Å². The predicted molar refractivity (Wildman–Crippen MR) is 115 cm³/mol. The van der Waals surface area contributed by atoms with Gasteiger partial charge in [-0.3, -0.25) is 0 Å². The van der Waals surface area contributed by atoms with Crippen LogP contribution in [0.25, 0.3) is 22.2 Å². The van der Waals surface area contributed by atoms with Crippen molar-refractivity contribution in [1.82, 2.24) is 4.57 Å². The zero-order valence-corrected chi connectivity index (χ0v) is 16.9. The lowest BCUT2D eigenvalue weighted by Gasteiger charge is -2.20. The number of benzene rings is 3. The maximum atomic E-state index is 6.66. The molecule has 1 aliphatic rings. The number of hydrogen-bond acceptors (Lipinski definition) is 1. The smallest absolute Gasteiger partial charge is 0.242 e. The molecular formula is C24H23NOSi. The van der Waals surface area contributed by atoms with E-state index in [1.54, 1.807) is 0 Å². The van der Waals surface area contributed by atoms with E-state index in [0.29, 0.717) is 0 Å². The Morgan fingerprint density at radius 2 is 1.44 bits per heavy atom. The van der Waals surface area contributed by atoms with E-state index in [1.165, 1.54) is 33.3 Å². The summed E-state index contributed by atoms with van der Waals surface area (Å²) in [7, 11) is -1.76. The predicted octanol–water partition coefficient (Wildman–Crippen LogP) is 6.47. The van der Waals surface area contributed by atoms with Crippen molar-refractivity contribution in [3.05, 3.63) is 90.0 Å². The zero-order valence-electron chi connectivity index (χ0n) is 15.9. The number of nitrogens with zero attached hydrogens (tertiary/aromatic N) is 1. The van der Waals surface area contributed by atoms with Crippen molar-refractivity contribution < 1.29 is 4.43 Å². The Morgan fingerprint density at radius 1 is 0.778 bits per heavy atom. The van der Waals surface area contributed by atoms with Gasteiger partial charge in [0.05, 0.1) is 17.3 Å². The number of rotatable bonds is 3. The van der Waals surface area contributed by atoms with Gasteiger partial charge in [0.1, 0.15) is 5.75 Å². The van der Waals surface area contributed by atoms with Crippen LogP contribution in [0.3, 0.4) is 0 Å². The summed E-state index contributed by atoms with van der Waals surface area (Å²) in [5, 5.41) is 1.21. The average molecular weight is 370 g/mol. The molecule has 2 heterocycles. The fraction of sp³-hybridized carbons (Fsp3) is 0.167. The molecule has 134 valence electrons. The molecule has 5 rings (SSSR count). The van der Waals surface area contributed by atoms with Gasteiger partial charge in [-0.2, -0.15) is 0 Å². The van der Waals surface area contributed by atoms with Crippen molar-refractivity contribution in [2.45, 2.75) is 25.7 Å². The van der Waals surface area contributed by atoms with Crippen molar-refractivity contribution in [1.29, 1.82) is 0 Å². The van der Waals surface area contributed by atoms with E-state index in [9.17, 15) is 0 Å². The van der Waals surface area contributed by atoms with Gasteiger partial charge >= 0.3 is 0 Å². The Hall–Kier alpha value is -2.78. The van der Waals surface area contributed by atoms with E-state index < -0.39 is 8.32 Å². The molecule has 0 N–H and O–H groups in total. The third-order valence-electron chi connectivity index (χ3n) is 5.16. The number of fused-ring (bicyclic) bond motifs is 5. The lowest BCUT2D eigenvalue weighted by atomic mass is 9.96. The van der Waals surface area contributed by atoms with Crippen LogP contribution in [0.15, 0.2) is 78.9 Å². The Labute approximate surface area is 161 Å². The van der Waals surface area contributed by atoms with Crippen molar-refractivity contribution in [3.63, 3.8) is 0 Å². The van der Waals surface area contributed by atoms with Crippen LogP contribution in [-0.4, -0.2) is 12.9 Å². The molecule has 2 nitrogen and oxygen atoms in total. The average Bonchev–Trinajstić information content (AvgIpc) is 3.15. The third-order valence-corrected chi connectivity index (χ3v) is 5.97. The van der Waals surface area contributed by atoms with Gasteiger partial charge in [-0.25, -0.2) is 0 Å². The van der Waals surface area contributed by atoms with E-state index >= 15 is 0 Å². The quantitative estimate of drug-likeness (QED) is 0.332. The van der Waals surface area contributed by atoms with Gasteiger partial charge in [0, 0.05) is 10.9 Å². The summed E-state index contributed by atoms with van der Waals surface area (Å²) in [6.07, 6.45) is 0. The van der Waals surface area contributed by atoms with E-state index in [-0.39, 0.29) is 6.04 Å². The molecule has 0 saturated carbocycles. The molecule has 3 aromatic carbocycles. The standard InChI is InChI=1S/C24H23NOSi/c1-27(2,3)26-24-20-15-9-10-16-21(20)25-22(17-11-5-4-6-12-17)18-13-7-8-14-19(18)23(24)25/h4-16,22H,1-3H3. The van der Waals surface area contributed by atoms with E-state index in [1.807, 2.05) is 0 Å². The van der Waals surface area contributed by atoms with E-state index in [4.69, 9.17) is 4.43 Å². The molecule has 0 radical (unpaired) electrons. The summed E-state index contributed by atoms with van der Waals surface area (Å²) in [5.74, 6) is 1.05. The molecule has 0 aliphatic carbocycles. The first-order valence-corrected chi connectivity index (χ1v) is 12.9. The highest BCUT2D eigenvalue weighted by molar-refractivity contribution is 6.70. The minimum Gasteiger partial charge on any atom is -0.542 e. The summed E-state index contributed by atoms with van der Waals surface area (Å²) < 4.78 is 9.13. The first-order valence-electron chi connectivity index (χ1n) is 9.51. The van der Waals surface area contributed by atoms with Crippen LogP contribution < -0.4 is 4.43 Å². The molecule has 1 unspecified atom stereocenters. The molecule has 1 aliphatic heterocycles. The minimum atomic E-state index is -1.76. The summed E-state index contributed by atoms with van der Waals surface area (Å²) in [5.41, 5.74) is 6.42. The largest absolute Gasteiger partial charge is 0.542 e. The van der Waals surface area contributed by atoms with Gasteiger partial charge in [0.15, 0.2) is 0 Å². The molecule has 0 fully saturated rings. The number of para-hydroxylation sites is 1. The number of hydrogen-bond donors (Lipinski definition) is 0. The summed E-state index contributed by atoms with van der Waals surface area (Å²) >= 11 is 0. The highest BCUT2D eigenvalue weighted by Gasteiger charge is 2.36. The van der Waals surface area contributed by atoms with Gasteiger partial charge in [0.2, 0.25) is 8.32 Å². The topological polar surface area (TPSA) is 14.2 Å². The molecule has 3 heteroatoms. The van der Waals surface area contributed by atoms with Crippen molar-refractivity contribution >= 4 is 19.2 Å². The summed E-state index contributed by atoms with van der Waals surface area (Å²) in [4.78, 5) is 0. The fourth-order valence-corrected chi connectivity index (χ4v) is 5.04. The maximum absolute atomic E-state index is 6.66. The van der Waals surface area contributed by atoms with Gasteiger partial charge < -0.3 is 8.99 Å². The highest BCUT2D eigenvalue weighted by Crippen LogP contribution is 2.52. The molecule has 0 bridgehead atoms. The first kappa shape index (κ1) is 16.4. The molecule has 1 atom stereocenters. The van der Waals surface area contributed by atoms with Crippen molar-refractivity contribution in [3.8, 4) is 17.0 Å². The van der Waals surface area contributed by atoms with Crippen molar-refractivity contribution in [2.75, 3.05) is 0 Å². The Kier molecular flexibility index (Phi) is 3.56. The van der Waals surface area contributed by atoms with Crippen LogP contribution in [0.4, 0.5) is 0 Å². The van der Waals surface area contributed by atoms with Crippen LogP contribution in [0.2, 0.25) is 19.6 Å². The van der Waals surface area contributed by atoms with Gasteiger partial charge in [-0.1, -0.05) is 66.7 Å². The zero-order chi connectivity index (χ0) is 18.6. The SMILES string of the molecule is C[Si](C)(C)Oc1c2n(c3ccccc13)C(c1ccccc1)c1ccccc1-2. The lowest BCUT2D eigenvalue weighted by molar-refractivity contribution is 0.563. The molecular weight excluding hydrogens is 346 g/mol. The summed E-state index contributed by atoms with van der Waals surface area (Å²) in [6.45, 7) is 6.75. The minimum absolute atomic E-state index is 0.182. The van der Waals surface area contributed by atoms with Crippen molar-refractivity contribution in [2.24, 2.45) is 0 Å². The second-order valence-corrected chi connectivity index (χ2v) is 12.6. The van der Waals surface area contributed by atoms with Crippen LogP contribution in [0.1, 0.15) is 17.2 Å². The maximum Gasteiger partial charge on any atom is 0.242 e. The molecule has 0 amide bonds. The Balaban J connectivity index is 1.88. The van der Waals surface area contributed by atoms with Crippen LogP contribution in [0.5, 0.6) is 5.75 Å². The second-order valence-electron chi connectivity index (χ2n) is 8.18. The normalized spacial score (nSPS) is 15.6. The number of aromatic nitrogens is 1. The van der Waals surface area contributed by atoms with Crippen LogP contribution in [0, 0.1) is 0 Å². The Bertz CT molecular complexity index is 1140. The van der Waals surface area contributed by atoms with E-state index in [0.717, 1.165) is 5.75 Å². The molecule has 0 saturated heterocycles. The molecule has 4 aromatic rings. The van der Waals surface area contributed by atoms with Crippen LogP contribution >= 0.6 is 0 Å². The molecule has 1 aromatic heterocycles. The fourth-order valence-electron chi connectivity index (χ4n) is 4.22. The third kappa shape index (κ3) is 2.53. The Morgan fingerprint density at radius 3 is 2.22 bits per heavy atom. The molecule has 0 spiro atoms. The monoisotopic (exact) mass is 369 g/mol. The van der Waals surface area contributed by atoms with Crippen LogP contribution in [-0.2, 0) is 0 Å². The second kappa shape index (κ2) is 5.86. The highest BCUT2D eigenvalue weighted by atomic mass is 28.4. The van der Waals surface area contributed by atoms with Gasteiger partial charge in [-0.15, -0.1) is 0 Å². The van der Waals surface area contributed by atoms with E-state index in [2.05, 4.69) is 103 Å². The molecule has 27 heavy (non-hydrogen) atoms. The first-order chi connectivity index (χ1) is 13.0. The summed E-state index contributed by atoms with van der Waals surface area (Å²) in [6, 6.07) is 28.4.